The highest BCUT2D eigenvalue weighted by Gasteiger charge is 2.07. The Morgan fingerprint density at radius 1 is 1.18 bits per heavy atom. The molecular formula is C13H23N3S. The van der Waals surface area contributed by atoms with Gasteiger partial charge in [-0.3, -0.25) is 0 Å². The summed E-state index contributed by atoms with van der Waals surface area (Å²) in [5.74, 6) is 1.02. The molecule has 0 aliphatic rings. The van der Waals surface area contributed by atoms with Gasteiger partial charge in [0, 0.05) is 23.2 Å². The smallest absolute Gasteiger partial charge is 0.188 e. The van der Waals surface area contributed by atoms with Crippen molar-refractivity contribution in [2.24, 2.45) is 0 Å². The minimum absolute atomic E-state index is 0.505. The number of thioether (sulfide) groups is 1. The lowest BCUT2D eigenvalue weighted by Gasteiger charge is -2.12. The molecule has 0 amide bonds. The van der Waals surface area contributed by atoms with E-state index in [0.29, 0.717) is 6.04 Å². The first-order chi connectivity index (χ1) is 8.04. The Kier molecular flexibility index (Phi) is 5.92. The highest BCUT2D eigenvalue weighted by Crippen LogP contribution is 2.17. The molecule has 0 fully saturated rings. The van der Waals surface area contributed by atoms with Gasteiger partial charge in [-0.2, -0.15) is 0 Å². The maximum absolute atomic E-state index is 4.51. The molecule has 1 aromatic heterocycles. The van der Waals surface area contributed by atoms with Crippen LogP contribution in [-0.2, 0) is 0 Å². The van der Waals surface area contributed by atoms with Crippen molar-refractivity contribution in [1.82, 2.24) is 15.3 Å². The molecule has 1 aromatic rings. The Morgan fingerprint density at radius 3 is 2.29 bits per heavy atom. The van der Waals surface area contributed by atoms with E-state index in [4.69, 9.17) is 0 Å². The molecule has 0 radical (unpaired) electrons. The number of hydrogen-bond donors (Lipinski definition) is 1. The van der Waals surface area contributed by atoms with Crippen LogP contribution in [0.5, 0.6) is 0 Å². The van der Waals surface area contributed by atoms with Crippen molar-refractivity contribution in [2.75, 3.05) is 12.3 Å². The van der Waals surface area contributed by atoms with Crippen LogP contribution < -0.4 is 5.32 Å². The van der Waals surface area contributed by atoms with Crippen molar-refractivity contribution >= 4 is 11.8 Å². The van der Waals surface area contributed by atoms with Gasteiger partial charge < -0.3 is 5.32 Å². The molecule has 0 aromatic carbocycles. The highest BCUT2D eigenvalue weighted by molar-refractivity contribution is 7.99. The molecule has 17 heavy (non-hydrogen) atoms. The number of hydrogen-bond acceptors (Lipinski definition) is 4. The lowest BCUT2D eigenvalue weighted by Crippen LogP contribution is -2.28. The standard InChI is InChI=1S/C13H23N3S/c1-6-7-14-9(2)8-17-13-15-11(4)10(3)12(5)16-13/h9,14H,6-8H2,1-5H3. The van der Waals surface area contributed by atoms with Gasteiger partial charge in [0.2, 0.25) is 0 Å². The van der Waals surface area contributed by atoms with Gasteiger partial charge in [0.1, 0.15) is 0 Å². The van der Waals surface area contributed by atoms with Crippen molar-refractivity contribution in [1.29, 1.82) is 0 Å². The molecule has 1 rings (SSSR count). The van der Waals surface area contributed by atoms with Crippen molar-refractivity contribution in [3.05, 3.63) is 17.0 Å². The van der Waals surface area contributed by atoms with Gasteiger partial charge >= 0.3 is 0 Å². The predicted molar refractivity (Wildman–Crippen MR) is 74.7 cm³/mol. The normalized spacial score (nSPS) is 12.8. The van der Waals surface area contributed by atoms with E-state index in [1.54, 1.807) is 11.8 Å². The zero-order chi connectivity index (χ0) is 12.8. The second-order valence-corrected chi connectivity index (χ2v) is 5.46. The maximum atomic E-state index is 4.51. The van der Waals surface area contributed by atoms with Crippen LogP contribution >= 0.6 is 11.8 Å². The zero-order valence-corrected chi connectivity index (χ0v) is 12.3. The number of rotatable bonds is 6. The van der Waals surface area contributed by atoms with E-state index in [1.807, 2.05) is 13.8 Å². The van der Waals surface area contributed by atoms with E-state index >= 15 is 0 Å². The Labute approximate surface area is 109 Å². The summed E-state index contributed by atoms with van der Waals surface area (Å²) in [6.45, 7) is 11.6. The molecule has 3 nitrogen and oxygen atoms in total. The fraction of sp³-hybridized carbons (Fsp3) is 0.692. The number of nitrogens with zero attached hydrogens (tertiary/aromatic N) is 2. The average molecular weight is 253 g/mol. The summed E-state index contributed by atoms with van der Waals surface area (Å²) >= 11 is 1.73. The van der Waals surface area contributed by atoms with Crippen LogP contribution in [-0.4, -0.2) is 28.3 Å². The van der Waals surface area contributed by atoms with Crippen LogP contribution in [0.3, 0.4) is 0 Å². The average Bonchev–Trinajstić information content (AvgIpc) is 2.30. The van der Waals surface area contributed by atoms with E-state index in [-0.39, 0.29) is 0 Å². The first kappa shape index (κ1) is 14.5. The molecule has 0 spiro atoms. The second kappa shape index (κ2) is 6.97. The number of nitrogens with one attached hydrogen (secondary N) is 1. The molecule has 0 bridgehead atoms. The third-order valence-corrected chi connectivity index (χ3v) is 3.92. The molecule has 0 aliphatic carbocycles. The van der Waals surface area contributed by atoms with E-state index in [9.17, 15) is 0 Å². The molecule has 1 heterocycles. The van der Waals surface area contributed by atoms with Crippen LogP contribution in [0.4, 0.5) is 0 Å². The summed E-state index contributed by atoms with van der Waals surface area (Å²) in [5, 5.41) is 4.37. The van der Waals surface area contributed by atoms with Crippen molar-refractivity contribution in [2.45, 2.75) is 52.2 Å². The van der Waals surface area contributed by atoms with E-state index in [1.165, 1.54) is 12.0 Å². The van der Waals surface area contributed by atoms with Crippen LogP contribution in [0.2, 0.25) is 0 Å². The van der Waals surface area contributed by atoms with Gasteiger partial charge in [0.05, 0.1) is 0 Å². The molecule has 0 saturated carbocycles. The third-order valence-electron chi connectivity index (χ3n) is 2.82. The predicted octanol–water partition coefficient (Wildman–Crippen LogP) is 2.88. The minimum Gasteiger partial charge on any atom is -0.313 e. The summed E-state index contributed by atoms with van der Waals surface area (Å²) < 4.78 is 0. The molecular weight excluding hydrogens is 230 g/mol. The molecule has 1 unspecified atom stereocenters. The van der Waals surface area contributed by atoms with Crippen molar-refractivity contribution in [3.8, 4) is 0 Å². The molecule has 96 valence electrons. The van der Waals surface area contributed by atoms with Gasteiger partial charge in [0.25, 0.3) is 0 Å². The van der Waals surface area contributed by atoms with E-state index in [0.717, 1.165) is 28.8 Å². The maximum Gasteiger partial charge on any atom is 0.188 e. The summed E-state index contributed by atoms with van der Waals surface area (Å²) in [7, 11) is 0. The summed E-state index contributed by atoms with van der Waals surface area (Å²) in [6.07, 6.45) is 1.17. The van der Waals surface area contributed by atoms with Crippen molar-refractivity contribution in [3.63, 3.8) is 0 Å². The van der Waals surface area contributed by atoms with Crippen LogP contribution in [0.1, 0.15) is 37.2 Å². The molecule has 1 N–H and O–H groups in total. The van der Waals surface area contributed by atoms with Crippen molar-refractivity contribution < 1.29 is 0 Å². The van der Waals surface area contributed by atoms with Gasteiger partial charge in [-0.05, 0) is 46.2 Å². The summed E-state index contributed by atoms with van der Waals surface area (Å²) in [5.41, 5.74) is 3.38. The third kappa shape index (κ3) is 4.64. The SMILES string of the molecule is CCCNC(C)CSc1nc(C)c(C)c(C)n1. The molecule has 0 saturated heterocycles. The topological polar surface area (TPSA) is 37.8 Å². The fourth-order valence-electron chi connectivity index (χ4n) is 1.46. The van der Waals surface area contributed by atoms with Gasteiger partial charge in [-0.15, -0.1) is 0 Å². The van der Waals surface area contributed by atoms with Gasteiger partial charge in [0.15, 0.2) is 5.16 Å². The largest absolute Gasteiger partial charge is 0.313 e. The monoisotopic (exact) mass is 253 g/mol. The summed E-state index contributed by atoms with van der Waals surface area (Å²) in [4.78, 5) is 9.02. The van der Waals surface area contributed by atoms with Gasteiger partial charge in [-0.1, -0.05) is 18.7 Å². The molecule has 0 aliphatic heterocycles. The lowest BCUT2D eigenvalue weighted by atomic mass is 10.2. The number of aryl methyl sites for hydroxylation is 2. The Morgan fingerprint density at radius 2 is 1.76 bits per heavy atom. The van der Waals surface area contributed by atoms with Crippen LogP contribution in [0.25, 0.3) is 0 Å². The van der Waals surface area contributed by atoms with Gasteiger partial charge in [-0.25, -0.2) is 9.97 Å². The Balaban J connectivity index is 2.52. The van der Waals surface area contributed by atoms with Crippen LogP contribution in [0.15, 0.2) is 5.16 Å². The quantitative estimate of drug-likeness (QED) is 0.625. The summed E-state index contributed by atoms with van der Waals surface area (Å²) in [6, 6.07) is 0.505. The Hall–Kier alpha value is -0.610. The van der Waals surface area contributed by atoms with E-state index < -0.39 is 0 Å². The Bertz CT molecular complexity index is 343. The first-order valence-electron chi connectivity index (χ1n) is 6.22. The molecule has 4 heteroatoms. The number of aromatic nitrogens is 2. The van der Waals surface area contributed by atoms with E-state index in [2.05, 4.69) is 36.1 Å². The lowest BCUT2D eigenvalue weighted by molar-refractivity contribution is 0.590. The van der Waals surface area contributed by atoms with Crippen LogP contribution in [0, 0.1) is 20.8 Å². The molecule has 1 atom stereocenters. The zero-order valence-electron chi connectivity index (χ0n) is 11.5. The highest BCUT2D eigenvalue weighted by atomic mass is 32.2. The second-order valence-electron chi connectivity index (χ2n) is 4.47. The first-order valence-corrected chi connectivity index (χ1v) is 7.21. The minimum atomic E-state index is 0.505. The fourth-order valence-corrected chi connectivity index (χ4v) is 2.38.